The highest BCUT2D eigenvalue weighted by Crippen LogP contribution is 2.37. The van der Waals surface area contributed by atoms with Crippen LogP contribution in [0.15, 0.2) is 73.3 Å². The van der Waals surface area contributed by atoms with Crippen molar-refractivity contribution in [1.82, 2.24) is 5.43 Å². The van der Waals surface area contributed by atoms with Gasteiger partial charge in [-0.3, -0.25) is 9.59 Å². The van der Waals surface area contributed by atoms with Crippen LogP contribution in [-0.2, 0) is 0 Å². The molecule has 0 radical (unpaired) electrons. The van der Waals surface area contributed by atoms with E-state index in [1.165, 1.54) is 17.6 Å². The Morgan fingerprint density at radius 3 is 2.52 bits per heavy atom. The highest BCUT2D eigenvalue weighted by Gasteiger charge is 2.17. The van der Waals surface area contributed by atoms with Gasteiger partial charge in [-0.05, 0) is 64.5 Å². The topological polar surface area (TPSA) is 83.7 Å². The van der Waals surface area contributed by atoms with E-state index in [0.717, 1.165) is 14.6 Å². The maximum Gasteiger partial charge on any atom is 0.271 e. The normalized spacial score (nSPS) is 11.2. The van der Waals surface area contributed by atoms with E-state index in [2.05, 4.69) is 47.7 Å². The summed E-state index contributed by atoms with van der Waals surface area (Å²) in [6.45, 7) is 0. The predicted octanol–water partition coefficient (Wildman–Crippen LogP) is 6.69. The Bertz CT molecular complexity index is 1320. The van der Waals surface area contributed by atoms with Crippen LogP contribution in [-0.4, -0.2) is 18.0 Å². The second-order valence-corrected chi connectivity index (χ2v) is 9.39. The van der Waals surface area contributed by atoms with Gasteiger partial charge < -0.3 is 9.73 Å². The lowest BCUT2D eigenvalue weighted by Gasteiger charge is -2.05. The molecule has 31 heavy (non-hydrogen) atoms. The molecular formula is C21H12Br2ClN3O3S. The minimum absolute atomic E-state index is 0.311. The Kier molecular flexibility index (Phi) is 6.57. The minimum atomic E-state index is -0.391. The van der Waals surface area contributed by atoms with Gasteiger partial charge in [0.25, 0.3) is 11.8 Å². The summed E-state index contributed by atoms with van der Waals surface area (Å²) in [4.78, 5) is 25.3. The molecule has 0 aliphatic heterocycles. The smallest absolute Gasteiger partial charge is 0.271 e. The fourth-order valence-electron chi connectivity index (χ4n) is 2.69. The molecule has 0 unspecified atom stereocenters. The predicted molar refractivity (Wildman–Crippen MR) is 130 cm³/mol. The van der Waals surface area contributed by atoms with Crippen LogP contribution in [0.1, 0.15) is 25.8 Å². The molecule has 2 amide bonds. The zero-order valence-corrected chi connectivity index (χ0v) is 20.2. The summed E-state index contributed by atoms with van der Waals surface area (Å²) >= 11 is 14.3. The molecule has 0 fully saturated rings. The van der Waals surface area contributed by atoms with E-state index in [-0.39, 0.29) is 5.91 Å². The number of carbonyl (C=O) groups excluding carboxylic acids is 2. The molecule has 0 atom stereocenters. The molecule has 156 valence electrons. The zero-order chi connectivity index (χ0) is 22.0. The molecule has 2 aromatic heterocycles. The average Bonchev–Trinajstić information content (AvgIpc) is 3.31. The van der Waals surface area contributed by atoms with Gasteiger partial charge >= 0.3 is 0 Å². The van der Waals surface area contributed by atoms with Crippen LogP contribution in [0, 0.1) is 0 Å². The van der Waals surface area contributed by atoms with Gasteiger partial charge in [0.05, 0.1) is 11.2 Å². The molecule has 2 N–H and O–H groups in total. The number of anilines is 1. The first-order valence-corrected chi connectivity index (χ1v) is 11.6. The third-order valence-electron chi connectivity index (χ3n) is 4.15. The first-order chi connectivity index (χ1) is 14.9. The fourth-order valence-corrected chi connectivity index (χ4v) is 4.98. The van der Waals surface area contributed by atoms with E-state index < -0.39 is 5.91 Å². The number of rotatable bonds is 5. The summed E-state index contributed by atoms with van der Waals surface area (Å²) in [7, 11) is 0. The molecule has 10 heteroatoms. The van der Waals surface area contributed by atoms with Gasteiger partial charge in [-0.1, -0.05) is 33.6 Å². The van der Waals surface area contributed by atoms with Crippen molar-refractivity contribution < 1.29 is 14.0 Å². The van der Waals surface area contributed by atoms with Crippen molar-refractivity contribution in [2.75, 3.05) is 5.32 Å². The number of fused-ring (bicyclic) bond motifs is 1. The largest absolute Gasteiger partial charge is 0.448 e. The molecule has 0 saturated carbocycles. The molecule has 0 saturated heterocycles. The Morgan fingerprint density at radius 2 is 1.81 bits per heavy atom. The van der Waals surface area contributed by atoms with Crippen LogP contribution in [0.2, 0.25) is 5.02 Å². The van der Waals surface area contributed by atoms with Crippen molar-refractivity contribution in [2.24, 2.45) is 5.10 Å². The number of amides is 2. The summed E-state index contributed by atoms with van der Waals surface area (Å²) in [5.41, 5.74) is 3.35. The Hall–Kier alpha value is -2.46. The number of nitrogens with zero attached hydrogens (tertiary/aromatic N) is 1. The monoisotopic (exact) mass is 579 g/mol. The molecule has 2 aromatic carbocycles. The van der Waals surface area contributed by atoms with Crippen molar-refractivity contribution in [3.63, 3.8) is 0 Å². The number of furan rings is 1. The van der Waals surface area contributed by atoms with Crippen molar-refractivity contribution in [2.45, 2.75) is 0 Å². The second-order valence-electron chi connectivity index (χ2n) is 6.26. The SMILES string of the molecule is O=C(N/N=C\c1ccc(Br)o1)c1ccc(NC(=O)c2sc3cc(Br)ccc3c2Cl)cc1. The highest BCUT2D eigenvalue weighted by atomic mass is 79.9. The Morgan fingerprint density at radius 1 is 1.03 bits per heavy atom. The lowest BCUT2D eigenvalue weighted by atomic mass is 10.2. The number of thiophene rings is 1. The van der Waals surface area contributed by atoms with Gasteiger partial charge in [-0.2, -0.15) is 5.10 Å². The third-order valence-corrected chi connectivity index (χ3v) is 6.73. The van der Waals surface area contributed by atoms with Gasteiger partial charge in [0, 0.05) is 25.8 Å². The Labute approximate surface area is 202 Å². The maximum absolute atomic E-state index is 12.7. The second kappa shape index (κ2) is 9.35. The summed E-state index contributed by atoms with van der Waals surface area (Å²) in [6.07, 6.45) is 1.39. The summed E-state index contributed by atoms with van der Waals surface area (Å²) in [5, 5.41) is 7.90. The van der Waals surface area contributed by atoms with Crippen molar-refractivity contribution in [3.05, 3.63) is 85.0 Å². The third kappa shape index (κ3) is 5.07. The molecule has 6 nitrogen and oxygen atoms in total. The van der Waals surface area contributed by atoms with Crippen LogP contribution < -0.4 is 10.7 Å². The van der Waals surface area contributed by atoms with Crippen LogP contribution in [0.5, 0.6) is 0 Å². The Balaban J connectivity index is 1.41. The molecule has 0 aliphatic carbocycles. The van der Waals surface area contributed by atoms with E-state index in [4.69, 9.17) is 16.0 Å². The van der Waals surface area contributed by atoms with E-state index >= 15 is 0 Å². The van der Waals surface area contributed by atoms with Gasteiger partial charge in [0.2, 0.25) is 0 Å². The summed E-state index contributed by atoms with van der Waals surface area (Å²) in [5.74, 6) is -0.205. The lowest BCUT2D eigenvalue weighted by Crippen LogP contribution is -2.17. The summed E-state index contributed by atoms with van der Waals surface area (Å²) in [6, 6.07) is 15.6. The lowest BCUT2D eigenvalue weighted by molar-refractivity contribution is 0.0954. The molecule has 0 aliphatic rings. The number of hydrazone groups is 1. The number of benzene rings is 2. The van der Waals surface area contributed by atoms with Gasteiger partial charge in [-0.15, -0.1) is 11.3 Å². The number of halogens is 3. The van der Waals surface area contributed by atoms with Crippen molar-refractivity contribution >= 4 is 88.6 Å². The standard InChI is InChI=1S/C21H12Br2ClN3O3S/c22-12-3-7-15-16(9-12)31-19(18(15)24)21(29)26-13-4-1-11(2-5-13)20(28)27-25-10-14-6-8-17(23)30-14/h1-10H,(H,26,29)(H,27,28)/b25-10-. The molecule has 4 aromatic rings. The van der Waals surface area contributed by atoms with E-state index in [1.807, 2.05) is 18.2 Å². The van der Waals surface area contributed by atoms with Crippen LogP contribution in [0.25, 0.3) is 10.1 Å². The molecule has 0 spiro atoms. The maximum atomic E-state index is 12.7. The van der Waals surface area contributed by atoms with Crippen LogP contribution in [0.4, 0.5) is 5.69 Å². The first-order valence-electron chi connectivity index (χ1n) is 8.78. The highest BCUT2D eigenvalue weighted by molar-refractivity contribution is 9.10. The molecular weight excluding hydrogens is 570 g/mol. The quantitative estimate of drug-likeness (QED) is 0.204. The summed E-state index contributed by atoms with van der Waals surface area (Å²) < 4.78 is 7.66. The van der Waals surface area contributed by atoms with Gasteiger partial charge in [0.1, 0.15) is 10.6 Å². The zero-order valence-electron chi connectivity index (χ0n) is 15.5. The van der Waals surface area contributed by atoms with Crippen LogP contribution in [0.3, 0.4) is 0 Å². The van der Waals surface area contributed by atoms with Gasteiger partial charge in [0.15, 0.2) is 4.67 Å². The first kappa shape index (κ1) is 21.8. The number of hydrogen-bond donors (Lipinski definition) is 2. The van der Waals surface area contributed by atoms with Crippen molar-refractivity contribution in [1.29, 1.82) is 0 Å². The van der Waals surface area contributed by atoms with Crippen molar-refractivity contribution in [3.8, 4) is 0 Å². The van der Waals surface area contributed by atoms with E-state index in [0.29, 0.717) is 31.6 Å². The number of carbonyl (C=O) groups is 2. The number of nitrogens with one attached hydrogen (secondary N) is 2. The minimum Gasteiger partial charge on any atom is -0.448 e. The number of hydrogen-bond acceptors (Lipinski definition) is 5. The van der Waals surface area contributed by atoms with E-state index in [9.17, 15) is 9.59 Å². The molecule has 4 rings (SSSR count). The molecule has 0 bridgehead atoms. The fraction of sp³-hybridized carbons (Fsp3) is 0. The van der Waals surface area contributed by atoms with E-state index in [1.54, 1.807) is 36.4 Å². The molecule has 2 heterocycles. The van der Waals surface area contributed by atoms with Gasteiger partial charge in [-0.25, -0.2) is 5.43 Å². The van der Waals surface area contributed by atoms with Crippen LogP contribution >= 0.6 is 54.8 Å². The average molecular weight is 582 g/mol.